The number of furan rings is 1. The molecule has 2 aromatic carbocycles. The van der Waals surface area contributed by atoms with E-state index in [1.54, 1.807) is 11.8 Å². The fourth-order valence-electron chi connectivity index (χ4n) is 3.91. The number of fused-ring (bicyclic) bond motifs is 3. The standard InChI is InChI=1S/C22H23NO4/c1-3-26-22(25)16-8-6-12-23(13-16)21(24)19-14(2)17-11-10-15-7-4-5-9-18(15)20(17)27-19/h4-5,7,9-11,16H,3,6,8,12-13H2,1-2H3/t16-/m1/s1. The van der Waals surface area contributed by atoms with E-state index >= 15 is 0 Å². The van der Waals surface area contributed by atoms with Gasteiger partial charge < -0.3 is 14.1 Å². The van der Waals surface area contributed by atoms with Crippen LogP contribution in [0.15, 0.2) is 40.8 Å². The summed E-state index contributed by atoms with van der Waals surface area (Å²) in [5.74, 6) is -0.261. The van der Waals surface area contributed by atoms with Gasteiger partial charge in [-0.1, -0.05) is 36.4 Å². The first kappa shape index (κ1) is 17.6. The summed E-state index contributed by atoms with van der Waals surface area (Å²) in [7, 11) is 0. The number of ether oxygens (including phenoxy) is 1. The van der Waals surface area contributed by atoms with Crippen LogP contribution >= 0.6 is 0 Å². The Hall–Kier alpha value is -2.82. The van der Waals surface area contributed by atoms with Gasteiger partial charge in [-0.25, -0.2) is 0 Å². The summed E-state index contributed by atoms with van der Waals surface area (Å²) < 4.78 is 11.2. The van der Waals surface area contributed by atoms with Crippen LogP contribution in [0.2, 0.25) is 0 Å². The molecule has 0 saturated carbocycles. The number of carbonyl (C=O) groups excluding carboxylic acids is 2. The summed E-state index contributed by atoms with van der Waals surface area (Å²) in [5.41, 5.74) is 1.59. The monoisotopic (exact) mass is 365 g/mol. The van der Waals surface area contributed by atoms with Gasteiger partial charge >= 0.3 is 5.97 Å². The van der Waals surface area contributed by atoms with E-state index in [1.165, 1.54) is 0 Å². The Morgan fingerprint density at radius 2 is 2.00 bits per heavy atom. The Morgan fingerprint density at radius 1 is 1.19 bits per heavy atom. The maximum atomic E-state index is 13.1. The minimum absolute atomic E-state index is 0.151. The van der Waals surface area contributed by atoms with E-state index in [-0.39, 0.29) is 17.8 Å². The van der Waals surface area contributed by atoms with Crippen molar-refractivity contribution in [2.75, 3.05) is 19.7 Å². The molecule has 1 aliphatic rings. The third kappa shape index (κ3) is 3.07. The van der Waals surface area contributed by atoms with Crippen LogP contribution in [-0.4, -0.2) is 36.5 Å². The largest absolute Gasteiger partial charge is 0.466 e. The van der Waals surface area contributed by atoms with Crippen molar-refractivity contribution >= 4 is 33.6 Å². The van der Waals surface area contributed by atoms with E-state index in [9.17, 15) is 9.59 Å². The zero-order chi connectivity index (χ0) is 19.0. The van der Waals surface area contributed by atoms with Crippen LogP contribution < -0.4 is 0 Å². The number of hydrogen-bond donors (Lipinski definition) is 0. The minimum atomic E-state index is -0.256. The molecule has 1 atom stereocenters. The molecule has 3 aromatic rings. The third-order valence-electron chi connectivity index (χ3n) is 5.35. The maximum Gasteiger partial charge on any atom is 0.310 e. The number of amides is 1. The highest BCUT2D eigenvalue weighted by molar-refractivity contribution is 6.08. The van der Waals surface area contributed by atoms with Crippen LogP contribution in [0.25, 0.3) is 21.7 Å². The molecule has 1 amide bonds. The van der Waals surface area contributed by atoms with Gasteiger partial charge in [0, 0.05) is 29.4 Å². The molecule has 0 spiro atoms. The van der Waals surface area contributed by atoms with Crippen LogP contribution in [0.3, 0.4) is 0 Å². The maximum absolute atomic E-state index is 13.1. The lowest BCUT2D eigenvalue weighted by Crippen LogP contribution is -2.42. The highest BCUT2D eigenvalue weighted by Crippen LogP contribution is 2.33. The molecule has 4 rings (SSSR count). The van der Waals surface area contributed by atoms with Crippen molar-refractivity contribution in [3.05, 3.63) is 47.7 Å². The van der Waals surface area contributed by atoms with Gasteiger partial charge in [-0.3, -0.25) is 9.59 Å². The van der Waals surface area contributed by atoms with Crippen LogP contribution in [0, 0.1) is 12.8 Å². The van der Waals surface area contributed by atoms with Gasteiger partial charge in [-0.05, 0) is 32.1 Å². The Bertz CT molecular complexity index is 1020. The van der Waals surface area contributed by atoms with E-state index in [4.69, 9.17) is 9.15 Å². The number of carbonyl (C=O) groups is 2. The Labute approximate surface area is 157 Å². The zero-order valence-electron chi connectivity index (χ0n) is 15.7. The first-order chi connectivity index (χ1) is 13.1. The summed E-state index contributed by atoms with van der Waals surface area (Å²) in [5, 5.41) is 3.04. The molecular formula is C22H23NO4. The molecule has 27 heavy (non-hydrogen) atoms. The van der Waals surface area contributed by atoms with Gasteiger partial charge in [-0.15, -0.1) is 0 Å². The van der Waals surface area contributed by atoms with Crippen molar-refractivity contribution in [2.24, 2.45) is 5.92 Å². The van der Waals surface area contributed by atoms with Gasteiger partial charge in [0.15, 0.2) is 5.76 Å². The molecular weight excluding hydrogens is 342 g/mol. The van der Waals surface area contributed by atoms with Gasteiger partial charge in [-0.2, -0.15) is 0 Å². The molecule has 0 radical (unpaired) electrons. The Balaban J connectivity index is 1.67. The quantitative estimate of drug-likeness (QED) is 0.649. The van der Waals surface area contributed by atoms with E-state index < -0.39 is 0 Å². The number of likely N-dealkylation sites (tertiary alicyclic amines) is 1. The Kier molecular flexibility index (Phi) is 4.60. The molecule has 2 heterocycles. The number of esters is 1. The lowest BCUT2D eigenvalue weighted by Gasteiger charge is -2.31. The first-order valence-corrected chi connectivity index (χ1v) is 9.47. The van der Waals surface area contributed by atoms with Gasteiger partial charge in [0.25, 0.3) is 5.91 Å². The second-order valence-corrected chi connectivity index (χ2v) is 7.06. The topological polar surface area (TPSA) is 59.8 Å². The molecule has 0 bridgehead atoms. The normalized spacial score (nSPS) is 17.4. The fraction of sp³-hybridized carbons (Fsp3) is 0.364. The van der Waals surface area contributed by atoms with Crippen molar-refractivity contribution < 1.29 is 18.7 Å². The number of aryl methyl sites for hydroxylation is 1. The number of hydrogen-bond acceptors (Lipinski definition) is 4. The van der Waals surface area contributed by atoms with Crippen LogP contribution in [0.4, 0.5) is 0 Å². The SMILES string of the molecule is CCOC(=O)[C@@H]1CCCN(C(=O)c2oc3c(ccc4ccccc43)c2C)C1. The summed E-state index contributed by atoms with van der Waals surface area (Å²) >= 11 is 0. The zero-order valence-corrected chi connectivity index (χ0v) is 15.7. The average Bonchev–Trinajstić information content (AvgIpc) is 3.05. The predicted octanol–water partition coefficient (Wildman–Crippen LogP) is 4.31. The summed E-state index contributed by atoms with van der Waals surface area (Å²) in [6, 6.07) is 12.0. The smallest absolute Gasteiger partial charge is 0.310 e. The molecule has 1 fully saturated rings. The molecule has 0 aliphatic carbocycles. The number of rotatable bonds is 3. The molecule has 5 nitrogen and oxygen atoms in total. The van der Waals surface area contributed by atoms with Crippen molar-refractivity contribution in [3.63, 3.8) is 0 Å². The molecule has 140 valence electrons. The highest BCUT2D eigenvalue weighted by Gasteiger charge is 2.32. The molecule has 1 aromatic heterocycles. The van der Waals surface area contributed by atoms with Crippen LogP contribution in [0.1, 0.15) is 35.9 Å². The summed E-state index contributed by atoms with van der Waals surface area (Å²) in [6.07, 6.45) is 1.55. The Morgan fingerprint density at radius 3 is 2.81 bits per heavy atom. The van der Waals surface area contributed by atoms with E-state index in [0.29, 0.717) is 25.5 Å². The van der Waals surface area contributed by atoms with Gasteiger partial charge in [0.2, 0.25) is 0 Å². The van der Waals surface area contributed by atoms with Crippen molar-refractivity contribution in [2.45, 2.75) is 26.7 Å². The van der Waals surface area contributed by atoms with Crippen molar-refractivity contribution in [1.82, 2.24) is 4.90 Å². The van der Waals surface area contributed by atoms with Gasteiger partial charge in [0.05, 0.1) is 12.5 Å². The van der Waals surface area contributed by atoms with E-state index in [2.05, 4.69) is 0 Å². The van der Waals surface area contributed by atoms with Gasteiger partial charge in [0.1, 0.15) is 5.58 Å². The number of piperidine rings is 1. The van der Waals surface area contributed by atoms with Crippen LogP contribution in [0.5, 0.6) is 0 Å². The van der Waals surface area contributed by atoms with Crippen LogP contribution in [-0.2, 0) is 9.53 Å². The molecule has 1 saturated heterocycles. The summed E-state index contributed by atoms with van der Waals surface area (Å²) in [6.45, 7) is 5.09. The molecule has 0 unspecified atom stereocenters. The van der Waals surface area contributed by atoms with Crippen molar-refractivity contribution in [3.8, 4) is 0 Å². The highest BCUT2D eigenvalue weighted by atomic mass is 16.5. The number of benzene rings is 2. The van der Waals surface area contributed by atoms with E-state index in [1.807, 2.05) is 43.3 Å². The summed E-state index contributed by atoms with van der Waals surface area (Å²) in [4.78, 5) is 26.9. The third-order valence-corrected chi connectivity index (χ3v) is 5.35. The number of nitrogens with zero attached hydrogens (tertiary/aromatic N) is 1. The molecule has 5 heteroatoms. The lowest BCUT2D eigenvalue weighted by molar-refractivity contribution is -0.149. The average molecular weight is 365 g/mol. The van der Waals surface area contributed by atoms with Crippen molar-refractivity contribution in [1.29, 1.82) is 0 Å². The predicted molar refractivity (Wildman–Crippen MR) is 104 cm³/mol. The second kappa shape index (κ2) is 7.06. The minimum Gasteiger partial charge on any atom is -0.466 e. The fourth-order valence-corrected chi connectivity index (χ4v) is 3.91. The second-order valence-electron chi connectivity index (χ2n) is 7.06. The van der Waals surface area contributed by atoms with E-state index in [0.717, 1.165) is 40.1 Å². The molecule has 0 N–H and O–H groups in total. The lowest BCUT2D eigenvalue weighted by atomic mass is 9.97. The molecule has 1 aliphatic heterocycles. The first-order valence-electron chi connectivity index (χ1n) is 9.47.